The van der Waals surface area contributed by atoms with Crippen LogP contribution in [0, 0.1) is 11.2 Å². The van der Waals surface area contributed by atoms with Crippen molar-refractivity contribution in [2.75, 3.05) is 36.0 Å². The molecule has 1 saturated heterocycles. The number of rotatable bonds is 4. The first-order valence-corrected chi connectivity index (χ1v) is 8.98. The quantitative estimate of drug-likeness (QED) is 0.531. The third kappa shape index (κ3) is 4.80. The molecule has 1 aliphatic heterocycles. The molecule has 0 bridgehead atoms. The number of benzene rings is 1. The van der Waals surface area contributed by atoms with Crippen molar-refractivity contribution in [3.8, 4) is 0 Å². The molecule has 2 heterocycles. The van der Waals surface area contributed by atoms with Crippen LogP contribution in [0.1, 0.15) is 5.56 Å². The summed E-state index contributed by atoms with van der Waals surface area (Å²) in [6, 6.07) is 9.05. The van der Waals surface area contributed by atoms with E-state index in [0.717, 1.165) is 5.69 Å². The second-order valence-electron chi connectivity index (χ2n) is 6.17. The molecule has 1 aliphatic rings. The smallest absolute Gasteiger partial charge is 0.414 e. The number of halogens is 2. The monoisotopic (exact) mass is 406 g/mol. The van der Waals surface area contributed by atoms with E-state index in [1.165, 1.54) is 12.3 Å². The summed E-state index contributed by atoms with van der Waals surface area (Å²) in [5.41, 5.74) is 6.31. The van der Waals surface area contributed by atoms with Crippen molar-refractivity contribution in [3.63, 3.8) is 0 Å². The fraction of sp³-hybridized carbons (Fsp3) is 0.278. The number of nitrogens with two attached hydrogens (primary N) is 1. The van der Waals surface area contributed by atoms with Crippen LogP contribution in [-0.2, 0) is 11.3 Å². The Kier molecular flexibility index (Phi) is 6.15. The van der Waals surface area contributed by atoms with Gasteiger partial charge in [-0.25, -0.2) is 14.2 Å². The van der Waals surface area contributed by atoms with Crippen LogP contribution in [0.3, 0.4) is 0 Å². The molecule has 2 aromatic rings. The summed E-state index contributed by atoms with van der Waals surface area (Å²) in [5.74, 6) is -0.846. The molecule has 0 saturated carbocycles. The van der Waals surface area contributed by atoms with Crippen molar-refractivity contribution >= 4 is 35.2 Å². The lowest BCUT2D eigenvalue weighted by Gasteiger charge is -2.37. The van der Waals surface area contributed by atoms with E-state index in [9.17, 15) is 9.18 Å². The first-order valence-electron chi connectivity index (χ1n) is 8.60. The number of hydrogen-bond acceptors (Lipinski definition) is 6. The van der Waals surface area contributed by atoms with E-state index in [-0.39, 0.29) is 18.0 Å². The highest BCUT2D eigenvalue weighted by Gasteiger charge is 2.22. The molecule has 1 aromatic carbocycles. The molecule has 0 atom stereocenters. The lowest BCUT2D eigenvalue weighted by molar-refractivity contribution is 0.143. The molecule has 0 unspecified atom stereocenters. The molecule has 8 nitrogen and oxygen atoms in total. The fourth-order valence-electron chi connectivity index (χ4n) is 2.92. The van der Waals surface area contributed by atoms with Crippen LogP contribution in [0.4, 0.5) is 20.7 Å². The van der Waals surface area contributed by atoms with Crippen LogP contribution in [-0.4, -0.2) is 43.2 Å². The number of piperazine rings is 1. The Morgan fingerprint density at radius 1 is 1.21 bits per heavy atom. The maximum absolute atomic E-state index is 14.8. The number of anilines is 2. The summed E-state index contributed by atoms with van der Waals surface area (Å²) in [4.78, 5) is 19.6. The number of amides is 1. The lowest BCUT2D eigenvalue weighted by atomic mass is 10.2. The molecule has 148 valence electrons. The zero-order valence-corrected chi connectivity index (χ0v) is 15.7. The topological polar surface area (TPSA) is 108 Å². The van der Waals surface area contributed by atoms with Crippen LogP contribution in [0.25, 0.3) is 0 Å². The average molecular weight is 407 g/mol. The van der Waals surface area contributed by atoms with Crippen molar-refractivity contribution in [2.24, 2.45) is 5.73 Å². The van der Waals surface area contributed by atoms with Gasteiger partial charge in [-0.05, 0) is 30.3 Å². The van der Waals surface area contributed by atoms with Crippen LogP contribution in [0.5, 0.6) is 0 Å². The maximum atomic E-state index is 14.8. The molecule has 4 N–H and O–H groups in total. The molecule has 0 radical (unpaired) electrons. The van der Waals surface area contributed by atoms with Gasteiger partial charge in [-0.2, -0.15) is 0 Å². The summed E-state index contributed by atoms with van der Waals surface area (Å²) in [6.07, 6.45) is 0.563. The van der Waals surface area contributed by atoms with Crippen molar-refractivity contribution in [1.82, 2.24) is 10.3 Å². The zero-order chi connectivity index (χ0) is 20.1. The van der Waals surface area contributed by atoms with Gasteiger partial charge in [0.05, 0.1) is 0 Å². The maximum Gasteiger partial charge on any atom is 0.414 e. The molecule has 28 heavy (non-hydrogen) atoms. The molecule has 1 fully saturated rings. The largest absolute Gasteiger partial charge is 0.444 e. The number of hydrogen-bond donors (Lipinski definition) is 3. The Labute approximate surface area is 166 Å². The number of pyridine rings is 1. The van der Waals surface area contributed by atoms with E-state index in [2.05, 4.69) is 9.88 Å². The first kappa shape index (κ1) is 19.7. The van der Waals surface area contributed by atoms with Crippen LogP contribution in [0.2, 0.25) is 5.02 Å². The van der Waals surface area contributed by atoms with E-state index < -0.39 is 17.9 Å². The van der Waals surface area contributed by atoms with Crippen molar-refractivity contribution in [1.29, 1.82) is 5.41 Å². The van der Waals surface area contributed by atoms with E-state index in [4.69, 9.17) is 27.5 Å². The van der Waals surface area contributed by atoms with Gasteiger partial charge in [0.1, 0.15) is 6.61 Å². The molecule has 10 heteroatoms. The van der Waals surface area contributed by atoms with Gasteiger partial charge in [0.25, 0.3) is 0 Å². The molecule has 1 aromatic heterocycles. The van der Waals surface area contributed by atoms with Crippen LogP contribution in [0.15, 0.2) is 36.5 Å². The second kappa shape index (κ2) is 8.75. The normalized spacial score (nSPS) is 13.9. The fourth-order valence-corrected chi connectivity index (χ4v) is 3.05. The van der Waals surface area contributed by atoms with E-state index in [0.29, 0.717) is 31.2 Å². The number of guanidine groups is 1. The minimum absolute atomic E-state index is 0.198. The number of carbonyl (C=O) groups excluding carboxylic acids is 1. The van der Waals surface area contributed by atoms with Crippen LogP contribution < -0.4 is 20.9 Å². The number of carbonyl (C=O) groups is 1. The Bertz CT molecular complexity index is 856. The number of ether oxygens (including phenoxy) is 1. The standard InChI is InChI=1S/C18H20ClFN6O2/c19-13-1-3-14(4-2-13)25-7-9-26(10-8-25)16-15(20)12(5-6-23-16)11-28-18(27)24-17(21)22/h1-6H,7-11H2,(H4,21,22,24,27). The number of aromatic nitrogens is 1. The van der Waals surface area contributed by atoms with Gasteiger partial charge in [0.15, 0.2) is 17.6 Å². The van der Waals surface area contributed by atoms with Crippen molar-refractivity contribution in [2.45, 2.75) is 6.61 Å². The third-order valence-electron chi connectivity index (χ3n) is 4.32. The van der Waals surface area contributed by atoms with Gasteiger partial charge < -0.3 is 20.3 Å². The molecule has 0 aliphatic carbocycles. The molecule has 0 spiro atoms. The molecule has 1 amide bonds. The first-order chi connectivity index (χ1) is 13.4. The average Bonchev–Trinajstić information content (AvgIpc) is 2.67. The van der Waals surface area contributed by atoms with Crippen molar-refractivity contribution < 1.29 is 13.9 Å². The second-order valence-corrected chi connectivity index (χ2v) is 6.61. The zero-order valence-electron chi connectivity index (χ0n) is 15.0. The SMILES string of the molecule is N=C(N)NC(=O)OCc1ccnc(N2CCN(c3ccc(Cl)cc3)CC2)c1F. The van der Waals surface area contributed by atoms with Gasteiger partial charge in [-0.1, -0.05) is 11.6 Å². The summed E-state index contributed by atoms with van der Waals surface area (Å²) < 4.78 is 19.7. The molecule has 3 rings (SSSR count). The highest BCUT2D eigenvalue weighted by atomic mass is 35.5. The summed E-state index contributed by atoms with van der Waals surface area (Å²) >= 11 is 5.93. The molecular weight excluding hydrogens is 387 g/mol. The van der Waals surface area contributed by atoms with Crippen molar-refractivity contribution in [3.05, 3.63) is 52.9 Å². The Hall–Kier alpha value is -3.07. The number of nitrogens with zero attached hydrogens (tertiary/aromatic N) is 3. The highest BCUT2D eigenvalue weighted by molar-refractivity contribution is 6.30. The predicted molar refractivity (Wildman–Crippen MR) is 105 cm³/mol. The van der Waals surface area contributed by atoms with E-state index >= 15 is 0 Å². The Morgan fingerprint density at radius 2 is 1.86 bits per heavy atom. The van der Waals surface area contributed by atoms with Crippen LogP contribution >= 0.6 is 11.6 Å². The highest BCUT2D eigenvalue weighted by Crippen LogP contribution is 2.24. The third-order valence-corrected chi connectivity index (χ3v) is 4.57. The minimum atomic E-state index is -0.915. The van der Waals surface area contributed by atoms with Gasteiger partial charge in [0.2, 0.25) is 0 Å². The predicted octanol–water partition coefficient (Wildman–Crippen LogP) is 2.32. The van der Waals surface area contributed by atoms with Gasteiger partial charge in [-0.15, -0.1) is 0 Å². The van der Waals surface area contributed by atoms with E-state index in [1.54, 1.807) is 0 Å². The van der Waals surface area contributed by atoms with Gasteiger partial charge >= 0.3 is 6.09 Å². The van der Waals surface area contributed by atoms with E-state index in [1.807, 2.05) is 34.5 Å². The summed E-state index contributed by atoms with van der Waals surface area (Å²) in [7, 11) is 0. The Balaban J connectivity index is 1.62. The summed E-state index contributed by atoms with van der Waals surface area (Å²) in [6.45, 7) is 2.34. The summed E-state index contributed by atoms with van der Waals surface area (Å²) in [5, 5.41) is 9.63. The number of nitrogens with one attached hydrogen (secondary N) is 2. The Morgan fingerprint density at radius 3 is 2.50 bits per heavy atom. The van der Waals surface area contributed by atoms with Gasteiger partial charge in [-0.3, -0.25) is 10.7 Å². The molecular formula is C18H20ClFN6O2. The number of alkyl carbamates (subject to hydrolysis) is 1. The van der Waals surface area contributed by atoms with Gasteiger partial charge in [0, 0.05) is 48.6 Å². The lowest BCUT2D eigenvalue weighted by Crippen LogP contribution is -2.47. The minimum Gasteiger partial charge on any atom is -0.444 e.